The van der Waals surface area contributed by atoms with Crippen molar-refractivity contribution in [2.45, 2.75) is 26.4 Å². The largest absolute Gasteiger partial charge is 0.383 e. The molecule has 0 aliphatic heterocycles. The Bertz CT molecular complexity index is 690. The highest BCUT2D eigenvalue weighted by molar-refractivity contribution is 7.71. The number of H-pyrrole nitrogens is 1. The van der Waals surface area contributed by atoms with Gasteiger partial charge in [0.25, 0.3) is 0 Å². The van der Waals surface area contributed by atoms with Crippen molar-refractivity contribution < 1.29 is 9.53 Å². The number of methoxy groups -OCH3 is 1. The summed E-state index contributed by atoms with van der Waals surface area (Å²) in [6.07, 6.45) is 0. The average Bonchev–Trinajstić information content (AvgIpc) is 2.81. The molecule has 0 fully saturated rings. The second-order valence-electron chi connectivity index (χ2n) is 5.23. The molecular formula is C15H20N4O2S. The van der Waals surface area contributed by atoms with Crippen molar-refractivity contribution in [1.82, 2.24) is 20.1 Å². The third kappa shape index (κ3) is 4.02. The summed E-state index contributed by atoms with van der Waals surface area (Å²) in [5.74, 6) is 0.523. The minimum absolute atomic E-state index is 0.0543. The Hall–Kier alpha value is -1.99. The molecule has 2 rings (SSSR count). The Morgan fingerprint density at radius 3 is 2.77 bits per heavy atom. The van der Waals surface area contributed by atoms with E-state index in [1.54, 1.807) is 11.7 Å². The number of aromatic nitrogens is 3. The standard InChI is InChI=1S/C15H20N4O2S/c1-10-4-6-12(7-5-10)14-17-18-15(22)19(14)8-13(20)16-11(2)9-21-3/h4-7,11H,8-9H2,1-3H3,(H,16,20)(H,18,22). The molecule has 0 aliphatic rings. The molecule has 2 N–H and O–H groups in total. The predicted molar refractivity (Wildman–Crippen MR) is 87.1 cm³/mol. The highest BCUT2D eigenvalue weighted by Crippen LogP contribution is 2.17. The zero-order chi connectivity index (χ0) is 16.1. The Morgan fingerprint density at radius 1 is 1.45 bits per heavy atom. The molecule has 2 aromatic rings. The van der Waals surface area contributed by atoms with Crippen LogP contribution in [0.3, 0.4) is 0 Å². The van der Waals surface area contributed by atoms with Crippen LogP contribution in [0.5, 0.6) is 0 Å². The summed E-state index contributed by atoms with van der Waals surface area (Å²) >= 11 is 5.22. The van der Waals surface area contributed by atoms with E-state index >= 15 is 0 Å². The molecule has 6 nitrogen and oxygen atoms in total. The number of ether oxygens (including phenoxy) is 1. The van der Waals surface area contributed by atoms with Gasteiger partial charge in [0.15, 0.2) is 10.6 Å². The second kappa shape index (κ2) is 7.33. The van der Waals surface area contributed by atoms with E-state index < -0.39 is 0 Å². The van der Waals surface area contributed by atoms with E-state index in [0.29, 0.717) is 17.2 Å². The van der Waals surface area contributed by atoms with Gasteiger partial charge in [-0.15, -0.1) is 0 Å². The molecule has 1 atom stereocenters. The SMILES string of the molecule is COCC(C)NC(=O)Cn1c(-c2ccc(C)cc2)n[nH]c1=S. The number of amides is 1. The Balaban J connectivity index is 2.18. The minimum Gasteiger partial charge on any atom is -0.383 e. The number of hydrogen-bond donors (Lipinski definition) is 2. The fourth-order valence-electron chi connectivity index (χ4n) is 2.14. The van der Waals surface area contributed by atoms with Crippen LogP contribution in [0.1, 0.15) is 12.5 Å². The van der Waals surface area contributed by atoms with E-state index in [1.807, 2.05) is 38.1 Å². The van der Waals surface area contributed by atoms with Crippen molar-refractivity contribution in [3.63, 3.8) is 0 Å². The van der Waals surface area contributed by atoms with E-state index in [9.17, 15) is 4.79 Å². The molecule has 7 heteroatoms. The maximum Gasteiger partial charge on any atom is 0.240 e. The van der Waals surface area contributed by atoms with Crippen LogP contribution >= 0.6 is 12.2 Å². The molecule has 0 aliphatic carbocycles. The fraction of sp³-hybridized carbons (Fsp3) is 0.400. The number of aryl methyl sites for hydroxylation is 1. The first kappa shape index (κ1) is 16.4. The van der Waals surface area contributed by atoms with Crippen molar-refractivity contribution in [3.8, 4) is 11.4 Å². The first-order valence-corrected chi connectivity index (χ1v) is 7.42. The van der Waals surface area contributed by atoms with Gasteiger partial charge in [-0.1, -0.05) is 29.8 Å². The summed E-state index contributed by atoms with van der Waals surface area (Å²) in [6, 6.07) is 7.86. The Labute approximate surface area is 134 Å². The highest BCUT2D eigenvalue weighted by Gasteiger charge is 2.13. The number of carbonyl (C=O) groups is 1. The summed E-state index contributed by atoms with van der Waals surface area (Å²) in [5, 5.41) is 9.83. The van der Waals surface area contributed by atoms with Crippen LogP contribution in [0.15, 0.2) is 24.3 Å². The van der Waals surface area contributed by atoms with Gasteiger partial charge < -0.3 is 10.1 Å². The van der Waals surface area contributed by atoms with Gasteiger partial charge in [-0.3, -0.25) is 14.5 Å². The number of benzene rings is 1. The van der Waals surface area contributed by atoms with Crippen LogP contribution in [0, 0.1) is 11.7 Å². The van der Waals surface area contributed by atoms with E-state index in [0.717, 1.165) is 11.1 Å². The van der Waals surface area contributed by atoms with Crippen LogP contribution in [0.2, 0.25) is 0 Å². The van der Waals surface area contributed by atoms with Crippen LogP contribution in [-0.4, -0.2) is 40.4 Å². The lowest BCUT2D eigenvalue weighted by atomic mass is 10.1. The van der Waals surface area contributed by atoms with E-state index in [2.05, 4.69) is 15.5 Å². The lowest BCUT2D eigenvalue weighted by Crippen LogP contribution is -2.37. The molecule has 0 saturated heterocycles. The summed E-state index contributed by atoms with van der Waals surface area (Å²) in [7, 11) is 1.60. The van der Waals surface area contributed by atoms with Gasteiger partial charge in [0.05, 0.1) is 6.61 Å². The number of hydrogen-bond acceptors (Lipinski definition) is 4. The maximum atomic E-state index is 12.1. The monoisotopic (exact) mass is 320 g/mol. The molecule has 118 valence electrons. The molecule has 22 heavy (non-hydrogen) atoms. The van der Waals surface area contributed by atoms with Gasteiger partial charge in [0.1, 0.15) is 6.54 Å². The summed E-state index contributed by atoms with van der Waals surface area (Å²) in [4.78, 5) is 12.1. The molecule has 1 aromatic heterocycles. The zero-order valence-electron chi connectivity index (χ0n) is 12.9. The van der Waals surface area contributed by atoms with Crippen LogP contribution < -0.4 is 5.32 Å². The molecule has 0 bridgehead atoms. The first-order chi connectivity index (χ1) is 10.5. The highest BCUT2D eigenvalue weighted by atomic mass is 32.1. The lowest BCUT2D eigenvalue weighted by Gasteiger charge is -2.13. The van der Waals surface area contributed by atoms with Crippen molar-refractivity contribution in [1.29, 1.82) is 0 Å². The van der Waals surface area contributed by atoms with Gasteiger partial charge in [0.2, 0.25) is 5.91 Å². The zero-order valence-corrected chi connectivity index (χ0v) is 13.7. The molecular weight excluding hydrogens is 300 g/mol. The predicted octanol–water partition coefficient (Wildman–Crippen LogP) is 2.07. The van der Waals surface area contributed by atoms with Gasteiger partial charge in [0, 0.05) is 18.7 Å². The molecule has 0 spiro atoms. The van der Waals surface area contributed by atoms with Crippen LogP contribution in [-0.2, 0) is 16.1 Å². The Kier molecular flexibility index (Phi) is 5.46. The number of nitrogens with zero attached hydrogens (tertiary/aromatic N) is 2. The maximum absolute atomic E-state index is 12.1. The number of rotatable bonds is 6. The molecule has 1 heterocycles. The number of nitrogens with one attached hydrogen (secondary N) is 2. The quantitative estimate of drug-likeness (QED) is 0.799. The van der Waals surface area contributed by atoms with Gasteiger partial charge in [-0.25, -0.2) is 0 Å². The molecule has 0 saturated carbocycles. The normalized spacial score (nSPS) is 12.1. The van der Waals surface area contributed by atoms with Crippen molar-refractivity contribution in [2.75, 3.05) is 13.7 Å². The van der Waals surface area contributed by atoms with Gasteiger partial charge in [-0.05, 0) is 26.1 Å². The summed E-state index contributed by atoms with van der Waals surface area (Å²) in [6.45, 7) is 4.49. The molecule has 1 unspecified atom stereocenters. The van der Waals surface area contributed by atoms with Crippen molar-refractivity contribution >= 4 is 18.1 Å². The van der Waals surface area contributed by atoms with Crippen molar-refractivity contribution in [3.05, 3.63) is 34.6 Å². The minimum atomic E-state index is -0.129. The average molecular weight is 320 g/mol. The Morgan fingerprint density at radius 2 is 2.14 bits per heavy atom. The topological polar surface area (TPSA) is 71.9 Å². The fourth-order valence-corrected chi connectivity index (χ4v) is 2.34. The van der Waals surface area contributed by atoms with E-state index in [-0.39, 0.29) is 18.5 Å². The smallest absolute Gasteiger partial charge is 0.240 e. The van der Waals surface area contributed by atoms with Crippen molar-refractivity contribution in [2.24, 2.45) is 0 Å². The second-order valence-corrected chi connectivity index (χ2v) is 5.62. The van der Waals surface area contributed by atoms with Crippen LogP contribution in [0.4, 0.5) is 0 Å². The number of carbonyl (C=O) groups excluding carboxylic acids is 1. The molecule has 1 amide bonds. The number of aromatic amines is 1. The van der Waals surface area contributed by atoms with Gasteiger partial charge in [-0.2, -0.15) is 5.10 Å². The van der Waals surface area contributed by atoms with E-state index in [1.165, 1.54) is 0 Å². The first-order valence-electron chi connectivity index (χ1n) is 7.02. The van der Waals surface area contributed by atoms with E-state index in [4.69, 9.17) is 17.0 Å². The lowest BCUT2D eigenvalue weighted by molar-refractivity contribution is -0.122. The summed E-state index contributed by atoms with van der Waals surface area (Å²) in [5.41, 5.74) is 2.08. The third-order valence-corrected chi connectivity index (χ3v) is 3.51. The van der Waals surface area contributed by atoms with Gasteiger partial charge >= 0.3 is 0 Å². The van der Waals surface area contributed by atoms with Crippen LogP contribution in [0.25, 0.3) is 11.4 Å². The molecule has 1 aromatic carbocycles. The molecule has 0 radical (unpaired) electrons. The third-order valence-electron chi connectivity index (χ3n) is 3.19. The summed E-state index contributed by atoms with van der Waals surface area (Å²) < 4.78 is 7.12.